The third-order valence-electron chi connectivity index (χ3n) is 1.96. The third kappa shape index (κ3) is 2.79. The van der Waals surface area contributed by atoms with Crippen molar-refractivity contribution < 1.29 is 0 Å². The van der Waals surface area contributed by atoms with Gasteiger partial charge in [0.15, 0.2) is 0 Å². The summed E-state index contributed by atoms with van der Waals surface area (Å²) < 4.78 is 2.75. The molecule has 2 aromatic heterocycles. The zero-order chi connectivity index (χ0) is 11.4. The van der Waals surface area contributed by atoms with Crippen molar-refractivity contribution in [3.63, 3.8) is 0 Å². The van der Waals surface area contributed by atoms with E-state index in [1.54, 1.807) is 18.6 Å². The SMILES string of the molecule is CCCn1cc(Nc2ncc(Br)cn2)cn1. The van der Waals surface area contributed by atoms with E-state index in [4.69, 9.17) is 0 Å². The molecule has 0 amide bonds. The van der Waals surface area contributed by atoms with Gasteiger partial charge < -0.3 is 5.32 Å². The maximum Gasteiger partial charge on any atom is 0.227 e. The summed E-state index contributed by atoms with van der Waals surface area (Å²) in [4.78, 5) is 8.25. The Kier molecular flexibility index (Phi) is 3.51. The minimum atomic E-state index is 0.569. The number of nitrogens with zero attached hydrogens (tertiary/aromatic N) is 4. The molecule has 0 saturated carbocycles. The van der Waals surface area contributed by atoms with E-state index in [2.05, 4.69) is 43.2 Å². The smallest absolute Gasteiger partial charge is 0.227 e. The molecule has 0 radical (unpaired) electrons. The van der Waals surface area contributed by atoms with E-state index < -0.39 is 0 Å². The molecule has 0 fully saturated rings. The van der Waals surface area contributed by atoms with Crippen LogP contribution in [0.1, 0.15) is 13.3 Å². The van der Waals surface area contributed by atoms with E-state index in [-0.39, 0.29) is 0 Å². The highest BCUT2D eigenvalue weighted by Crippen LogP contribution is 2.13. The summed E-state index contributed by atoms with van der Waals surface area (Å²) in [6.45, 7) is 3.04. The molecule has 5 nitrogen and oxygen atoms in total. The molecule has 16 heavy (non-hydrogen) atoms. The van der Waals surface area contributed by atoms with E-state index in [0.29, 0.717) is 5.95 Å². The van der Waals surface area contributed by atoms with Crippen molar-refractivity contribution in [2.24, 2.45) is 0 Å². The van der Waals surface area contributed by atoms with Crippen molar-refractivity contribution in [2.75, 3.05) is 5.32 Å². The number of hydrogen-bond acceptors (Lipinski definition) is 4. The molecule has 0 aliphatic heterocycles. The van der Waals surface area contributed by atoms with Crippen LogP contribution in [0, 0.1) is 0 Å². The predicted molar refractivity (Wildman–Crippen MR) is 65.5 cm³/mol. The quantitative estimate of drug-likeness (QED) is 0.936. The second-order valence-corrected chi connectivity index (χ2v) is 4.26. The first-order valence-electron chi connectivity index (χ1n) is 5.05. The van der Waals surface area contributed by atoms with E-state index in [1.807, 2.05) is 10.9 Å². The van der Waals surface area contributed by atoms with E-state index in [9.17, 15) is 0 Å². The molecule has 0 spiro atoms. The maximum atomic E-state index is 4.21. The highest BCUT2D eigenvalue weighted by atomic mass is 79.9. The first kappa shape index (κ1) is 11.1. The van der Waals surface area contributed by atoms with Gasteiger partial charge >= 0.3 is 0 Å². The fourth-order valence-corrected chi connectivity index (χ4v) is 1.49. The normalized spacial score (nSPS) is 10.4. The van der Waals surface area contributed by atoms with Gasteiger partial charge in [0.2, 0.25) is 5.95 Å². The van der Waals surface area contributed by atoms with E-state index >= 15 is 0 Å². The fourth-order valence-electron chi connectivity index (χ4n) is 1.29. The minimum Gasteiger partial charge on any atom is -0.321 e. The molecule has 0 aromatic carbocycles. The molecule has 2 heterocycles. The predicted octanol–water partition coefficient (Wildman–Crippen LogP) is 2.59. The zero-order valence-corrected chi connectivity index (χ0v) is 10.5. The molecular formula is C10H12BrN5. The standard InChI is InChI=1S/C10H12BrN5/c1-2-3-16-7-9(6-14-16)15-10-12-4-8(11)5-13-10/h4-7H,2-3H2,1H3,(H,12,13,15). The lowest BCUT2D eigenvalue weighted by atomic mass is 10.5. The van der Waals surface area contributed by atoms with Gasteiger partial charge in [-0.1, -0.05) is 6.92 Å². The van der Waals surface area contributed by atoms with Crippen LogP contribution in [0.15, 0.2) is 29.3 Å². The van der Waals surface area contributed by atoms with Crippen LogP contribution in [-0.2, 0) is 6.54 Å². The molecule has 0 aliphatic rings. The molecule has 0 bridgehead atoms. The largest absolute Gasteiger partial charge is 0.321 e. The summed E-state index contributed by atoms with van der Waals surface area (Å²) in [7, 11) is 0. The number of anilines is 2. The molecule has 1 N–H and O–H groups in total. The molecule has 0 saturated heterocycles. The van der Waals surface area contributed by atoms with Gasteiger partial charge in [-0.05, 0) is 22.4 Å². The lowest BCUT2D eigenvalue weighted by Crippen LogP contribution is -1.97. The molecule has 0 unspecified atom stereocenters. The molecule has 2 rings (SSSR count). The number of halogens is 1. The summed E-state index contributed by atoms with van der Waals surface area (Å²) in [5.74, 6) is 0.569. The van der Waals surface area contributed by atoms with Crippen LogP contribution in [0.4, 0.5) is 11.6 Å². The molecule has 6 heteroatoms. The van der Waals surface area contributed by atoms with E-state index in [1.165, 1.54) is 0 Å². The second kappa shape index (κ2) is 5.07. The summed E-state index contributed by atoms with van der Waals surface area (Å²) in [6.07, 6.45) is 8.17. The van der Waals surface area contributed by atoms with Crippen molar-refractivity contribution in [1.82, 2.24) is 19.7 Å². The van der Waals surface area contributed by atoms with Crippen LogP contribution in [0.3, 0.4) is 0 Å². The van der Waals surface area contributed by atoms with Gasteiger partial charge in [0.1, 0.15) is 0 Å². The van der Waals surface area contributed by atoms with Crippen molar-refractivity contribution >= 4 is 27.6 Å². The Morgan fingerprint density at radius 3 is 2.75 bits per heavy atom. The van der Waals surface area contributed by atoms with Gasteiger partial charge in [0.25, 0.3) is 0 Å². The summed E-state index contributed by atoms with van der Waals surface area (Å²) in [5, 5.41) is 7.29. The van der Waals surface area contributed by atoms with Gasteiger partial charge in [-0.25, -0.2) is 9.97 Å². The number of aromatic nitrogens is 4. The van der Waals surface area contributed by atoms with Gasteiger partial charge in [0.05, 0.1) is 16.4 Å². The highest BCUT2D eigenvalue weighted by Gasteiger charge is 2.00. The zero-order valence-electron chi connectivity index (χ0n) is 8.89. The van der Waals surface area contributed by atoms with E-state index in [0.717, 1.165) is 23.1 Å². The molecule has 84 valence electrons. The van der Waals surface area contributed by atoms with Gasteiger partial charge in [-0.2, -0.15) is 5.10 Å². The summed E-state index contributed by atoms with van der Waals surface area (Å²) in [5.41, 5.74) is 0.899. The number of hydrogen-bond donors (Lipinski definition) is 1. The topological polar surface area (TPSA) is 55.6 Å². The van der Waals surface area contributed by atoms with Crippen molar-refractivity contribution in [1.29, 1.82) is 0 Å². The fraction of sp³-hybridized carbons (Fsp3) is 0.300. The van der Waals surface area contributed by atoms with Crippen molar-refractivity contribution in [2.45, 2.75) is 19.9 Å². The first-order valence-corrected chi connectivity index (χ1v) is 5.84. The van der Waals surface area contributed by atoms with Gasteiger partial charge in [0, 0.05) is 25.1 Å². The van der Waals surface area contributed by atoms with Gasteiger partial charge in [-0.3, -0.25) is 4.68 Å². The van der Waals surface area contributed by atoms with Crippen LogP contribution >= 0.6 is 15.9 Å². The second-order valence-electron chi connectivity index (χ2n) is 3.34. The van der Waals surface area contributed by atoms with Crippen molar-refractivity contribution in [3.8, 4) is 0 Å². The summed E-state index contributed by atoms with van der Waals surface area (Å²) in [6, 6.07) is 0. The summed E-state index contributed by atoms with van der Waals surface area (Å²) >= 11 is 3.29. The van der Waals surface area contributed by atoms with Crippen LogP contribution in [0.5, 0.6) is 0 Å². The molecule has 2 aromatic rings. The Morgan fingerprint density at radius 1 is 1.31 bits per heavy atom. The minimum absolute atomic E-state index is 0.569. The lowest BCUT2D eigenvalue weighted by Gasteiger charge is -2.00. The number of rotatable bonds is 4. The van der Waals surface area contributed by atoms with Crippen molar-refractivity contribution in [3.05, 3.63) is 29.3 Å². The average molecular weight is 282 g/mol. The monoisotopic (exact) mass is 281 g/mol. The van der Waals surface area contributed by atoms with Crippen LogP contribution in [0.2, 0.25) is 0 Å². The Morgan fingerprint density at radius 2 is 2.06 bits per heavy atom. The molecular weight excluding hydrogens is 270 g/mol. The molecule has 0 aliphatic carbocycles. The van der Waals surface area contributed by atoms with Crippen LogP contribution in [-0.4, -0.2) is 19.7 Å². The Bertz CT molecular complexity index is 450. The Balaban J connectivity index is 2.05. The van der Waals surface area contributed by atoms with Crippen LogP contribution in [0.25, 0.3) is 0 Å². The molecule has 0 atom stereocenters. The average Bonchev–Trinajstić information content (AvgIpc) is 2.70. The third-order valence-corrected chi connectivity index (χ3v) is 2.37. The van der Waals surface area contributed by atoms with Gasteiger partial charge in [-0.15, -0.1) is 0 Å². The number of nitrogens with one attached hydrogen (secondary N) is 1. The highest BCUT2D eigenvalue weighted by molar-refractivity contribution is 9.10. The Labute approximate surface area is 102 Å². The first-order chi connectivity index (χ1) is 7.78. The lowest BCUT2D eigenvalue weighted by molar-refractivity contribution is 0.603. The Hall–Kier alpha value is -1.43. The number of aryl methyl sites for hydroxylation is 1. The maximum absolute atomic E-state index is 4.21. The van der Waals surface area contributed by atoms with Crippen LogP contribution < -0.4 is 5.32 Å².